The summed E-state index contributed by atoms with van der Waals surface area (Å²) in [6, 6.07) is 7.61. The smallest absolute Gasteiger partial charge is 0.260 e. The number of nitrogens with zero attached hydrogens (tertiary/aromatic N) is 3. The molecule has 0 aliphatic carbocycles. The Balaban J connectivity index is 1.73. The van der Waals surface area contributed by atoms with Gasteiger partial charge in [-0.25, -0.2) is 4.98 Å². The van der Waals surface area contributed by atoms with Crippen molar-refractivity contribution in [1.29, 1.82) is 0 Å². The van der Waals surface area contributed by atoms with Gasteiger partial charge in [0.05, 0.1) is 44.8 Å². The monoisotopic (exact) mass is 485 g/mol. The molecule has 0 unspecified atom stereocenters. The molecule has 0 spiro atoms. The number of morpholine rings is 1. The van der Waals surface area contributed by atoms with Crippen LogP contribution in [0, 0.1) is 13.8 Å². The summed E-state index contributed by atoms with van der Waals surface area (Å²) in [4.78, 5) is 22.8. The number of methoxy groups -OCH3 is 3. The Morgan fingerprint density at radius 1 is 1.06 bits per heavy atom. The molecular formula is C25H31N3O5S. The predicted octanol–water partition coefficient (Wildman–Crippen LogP) is 3.92. The van der Waals surface area contributed by atoms with E-state index in [1.54, 1.807) is 38.4 Å². The number of fused-ring (bicyclic) bond motifs is 1. The van der Waals surface area contributed by atoms with E-state index in [9.17, 15) is 4.79 Å². The van der Waals surface area contributed by atoms with E-state index in [0.717, 1.165) is 35.4 Å². The fraction of sp³-hybridized carbons (Fsp3) is 0.440. The maximum absolute atomic E-state index is 13.9. The lowest BCUT2D eigenvalue weighted by Crippen LogP contribution is -2.43. The maximum atomic E-state index is 13.9. The standard InChI is InChI=1S/C25H31N3O5S/c1-16-12-17(2)22-21(13-16)34-25(26-22)28(7-6-27-8-10-33-11-9-27)24(29)18-14-19(30-3)23(32-5)20(15-18)31-4/h12-15H,6-11H2,1-5H3. The summed E-state index contributed by atoms with van der Waals surface area (Å²) < 4.78 is 22.9. The molecule has 34 heavy (non-hydrogen) atoms. The molecule has 1 saturated heterocycles. The van der Waals surface area contributed by atoms with Crippen LogP contribution < -0.4 is 19.1 Å². The third-order valence-electron chi connectivity index (χ3n) is 5.95. The molecule has 1 aliphatic rings. The zero-order valence-electron chi connectivity index (χ0n) is 20.3. The van der Waals surface area contributed by atoms with Gasteiger partial charge in [-0.2, -0.15) is 0 Å². The Hall–Kier alpha value is -2.88. The largest absolute Gasteiger partial charge is 0.493 e. The van der Waals surface area contributed by atoms with Gasteiger partial charge < -0.3 is 18.9 Å². The van der Waals surface area contributed by atoms with Crippen LogP contribution in [0.25, 0.3) is 10.2 Å². The normalized spacial score (nSPS) is 14.3. The molecular weight excluding hydrogens is 454 g/mol. The van der Waals surface area contributed by atoms with Gasteiger partial charge in [0.25, 0.3) is 5.91 Å². The number of benzene rings is 2. The summed E-state index contributed by atoms with van der Waals surface area (Å²) in [5.41, 5.74) is 3.66. The molecule has 1 aliphatic heterocycles. The average Bonchev–Trinajstić information content (AvgIpc) is 3.27. The lowest BCUT2D eigenvalue weighted by Gasteiger charge is -2.29. The van der Waals surface area contributed by atoms with Crippen LogP contribution in [-0.4, -0.2) is 76.5 Å². The molecule has 1 aromatic heterocycles. The van der Waals surface area contributed by atoms with Crippen molar-refractivity contribution in [2.45, 2.75) is 13.8 Å². The number of aromatic nitrogens is 1. The summed E-state index contributed by atoms with van der Waals surface area (Å²) in [5.74, 6) is 1.16. The molecule has 0 atom stereocenters. The summed E-state index contributed by atoms with van der Waals surface area (Å²) in [5, 5.41) is 0.677. The van der Waals surface area contributed by atoms with Gasteiger partial charge in [-0.05, 0) is 43.2 Å². The summed E-state index contributed by atoms with van der Waals surface area (Å²) in [6.07, 6.45) is 0. The highest BCUT2D eigenvalue weighted by Crippen LogP contribution is 2.39. The second-order valence-electron chi connectivity index (χ2n) is 8.25. The quantitative estimate of drug-likeness (QED) is 0.479. The summed E-state index contributed by atoms with van der Waals surface area (Å²) in [7, 11) is 4.63. The number of hydrogen-bond acceptors (Lipinski definition) is 8. The molecule has 3 aromatic rings. The van der Waals surface area contributed by atoms with Crippen molar-refractivity contribution in [2.75, 3.05) is 65.6 Å². The van der Waals surface area contributed by atoms with Gasteiger partial charge in [0.2, 0.25) is 5.75 Å². The van der Waals surface area contributed by atoms with E-state index in [1.807, 2.05) is 0 Å². The Morgan fingerprint density at radius 3 is 2.35 bits per heavy atom. The number of ether oxygens (including phenoxy) is 4. The van der Waals surface area contributed by atoms with E-state index in [0.29, 0.717) is 47.7 Å². The molecule has 0 N–H and O–H groups in total. The van der Waals surface area contributed by atoms with Crippen molar-refractivity contribution in [3.8, 4) is 17.2 Å². The van der Waals surface area contributed by atoms with Gasteiger partial charge in [0.15, 0.2) is 16.6 Å². The second-order valence-corrected chi connectivity index (χ2v) is 9.26. The van der Waals surface area contributed by atoms with Gasteiger partial charge >= 0.3 is 0 Å². The topological polar surface area (TPSA) is 73.4 Å². The van der Waals surface area contributed by atoms with Crippen molar-refractivity contribution < 1.29 is 23.7 Å². The van der Waals surface area contributed by atoms with Gasteiger partial charge in [0, 0.05) is 31.7 Å². The zero-order valence-corrected chi connectivity index (χ0v) is 21.2. The van der Waals surface area contributed by atoms with Crippen LogP contribution in [-0.2, 0) is 4.74 Å². The van der Waals surface area contributed by atoms with E-state index in [1.165, 1.54) is 16.9 Å². The summed E-state index contributed by atoms with van der Waals surface area (Å²) in [6.45, 7) is 8.48. The highest BCUT2D eigenvalue weighted by molar-refractivity contribution is 7.22. The van der Waals surface area contributed by atoms with Gasteiger partial charge in [0.1, 0.15) is 0 Å². The van der Waals surface area contributed by atoms with Crippen LogP contribution in [0.15, 0.2) is 24.3 Å². The molecule has 8 nitrogen and oxygen atoms in total. The third-order valence-corrected chi connectivity index (χ3v) is 6.98. The first-order chi connectivity index (χ1) is 16.4. The number of carbonyl (C=O) groups excluding carboxylic acids is 1. The minimum Gasteiger partial charge on any atom is -0.493 e. The van der Waals surface area contributed by atoms with Crippen LogP contribution in [0.5, 0.6) is 17.2 Å². The van der Waals surface area contributed by atoms with E-state index < -0.39 is 0 Å². The van der Waals surface area contributed by atoms with Gasteiger partial charge in [-0.1, -0.05) is 17.4 Å². The zero-order chi connectivity index (χ0) is 24.2. The minimum absolute atomic E-state index is 0.166. The van der Waals surface area contributed by atoms with Crippen molar-refractivity contribution in [3.63, 3.8) is 0 Å². The lowest BCUT2D eigenvalue weighted by molar-refractivity contribution is 0.0391. The minimum atomic E-state index is -0.166. The fourth-order valence-electron chi connectivity index (χ4n) is 4.18. The molecule has 1 amide bonds. The number of amides is 1. The molecule has 4 rings (SSSR count). The highest BCUT2D eigenvalue weighted by Gasteiger charge is 2.26. The van der Waals surface area contributed by atoms with Crippen molar-refractivity contribution in [3.05, 3.63) is 41.0 Å². The predicted molar refractivity (Wildman–Crippen MR) is 134 cm³/mol. The molecule has 0 bridgehead atoms. The van der Waals surface area contributed by atoms with Crippen LogP contribution in [0.4, 0.5) is 5.13 Å². The third kappa shape index (κ3) is 4.96. The van der Waals surface area contributed by atoms with Gasteiger partial charge in [-0.15, -0.1) is 0 Å². The molecule has 2 heterocycles. The van der Waals surface area contributed by atoms with Gasteiger partial charge in [-0.3, -0.25) is 14.6 Å². The second kappa shape index (κ2) is 10.6. The van der Waals surface area contributed by atoms with Crippen LogP contribution in [0.1, 0.15) is 21.5 Å². The average molecular weight is 486 g/mol. The molecule has 9 heteroatoms. The molecule has 182 valence electrons. The number of aryl methyl sites for hydroxylation is 2. The summed E-state index contributed by atoms with van der Waals surface area (Å²) >= 11 is 1.53. The number of hydrogen-bond donors (Lipinski definition) is 0. The molecule has 2 aromatic carbocycles. The van der Waals surface area contributed by atoms with E-state index in [-0.39, 0.29) is 5.91 Å². The van der Waals surface area contributed by atoms with E-state index >= 15 is 0 Å². The Bertz CT molecular complexity index is 1150. The van der Waals surface area contributed by atoms with Crippen molar-refractivity contribution in [2.24, 2.45) is 0 Å². The SMILES string of the molecule is COc1cc(C(=O)N(CCN2CCOCC2)c2nc3c(C)cc(C)cc3s2)cc(OC)c1OC. The van der Waals surface area contributed by atoms with Crippen LogP contribution >= 0.6 is 11.3 Å². The Morgan fingerprint density at radius 2 is 1.74 bits per heavy atom. The first-order valence-corrected chi connectivity index (χ1v) is 12.1. The molecule has 0 saturated carbocycles. The number of carbonyl (C=O) groups is 1. The first-order valence-electron chi connectivity index (χ1n) is 11.2. The Kier molecular flexibility index (Phi) is 7.55. The van der Waals surface area contributed by atoms with E-state index in [4.69, 9.17) is 23.9 Å². The first kappa shape index (κ1) is 24.3. The fourth-order valence-corrected chi connectivity index (χ4v) is 5.35. The van der Waals surface area contributed by atoms with Crippen molar-refractivity contribution in [1.82, 2.24) is 9.88 Å². The van der Waals surface area contributed by atoms with Crippen LogP contribution in [0.2, 0.25) is 0 Å². The highest BCUT2D eigenvalue weighted by atomic mass is 32.1. The van der Waals surface area contributed by atoms with Crippen LogP contribution in [0.3, 0.4) is 0 Å². The molecule has 0 radical (unpaired) electrons. The Labute approximate surface area is 204 Å². The molecule has 1 fully saturated rings. The lowest BCUT2D eigenvalue weighted by atomic mass is 10.1. The maximum Gasteiger partial charge on any atom is 0.260 e. The number of rotatable bonds is 8. The number of anilines is 1. The number of thiazole rings is 1. The van der Waals surface area contributed by atoms with Crippen molar-refractivity contribution >= 4 is 32.6 Å². The van der Waals surface area contributed by atoms with E-state index in [2.05, 4.69) is 30.9 Å².